The molecule has 0 saturated carbocycles. The van der Waals surface area contributed by atoms with E-state index in [4.69, 9.17) is 9.47 Å². The highest BCUT2D eigenvalue weighted by molar-refractivity contribution is 7.92. The molecule has 2 rings (SSSR count). The molecular formula is C19H24N2O5S. The van der Waals surface area contributed by atoms with Gasteiger partial charge in [-0.1, -0.05) is 25.1 Å². The van der Waals surface area contributed by atoms with Gasteiger partial charge in [-0.05, 0) is 30.7 Å². The minimum absolute atomic E-state index is 0.307. The van der Waals surface area contributed by atoms with Crippen molar-refractivity contribution >= 4 is 27.3 Å². The molecule has 0 unspecified atom stereocenters. The third kappa shape index (κ3) is 4.91. The van der Waals surface area contributed by atoms with Gasteiger partial charge in [0.2, 0.25) is 15.9 Å². The minimum Gasteiger partial charge on any atom is -0.493 e. The SMILES string of the molecule is CC[C@@H](C(=O)Nc1ccc(OC)c(OC)c1)N(c1ccccc1)S(C)(=O)=O. The van der Waals surface area contributed by atoms with Gasteiger partial charge in [0, 0.05) is 11.8 Å². The number of carbonyl (C=O) groups is 1. The van der Waals surface area contributed by atoms with Crippen LogP contribution in [0.5, 0.6) is 11.5 Å². The van der Waals surface area contributed by atoms with E-state index in [-0.39, 0.29) is 0 Å². The Balaban J connectivity index is 2.33. The summed E-state index contributed by atoms with van der Waals surface area (Å²) < 4.78 is 36.3. The first-order valence-electron chi connectivity index (χ1n) is 8.39. The van der Waals surface area contributed by atoms with Crippen molar-refractivity contribution in [2.75, 3.05) is 30.1 Å². The van der Waals surface area contributed by atoms with Crippen molar-refractivity contribution in [3.63, 3.8) is 0 Å². The number of ether oxygens (including phenoxy) is 2. The zero-order valence-electron chi connectivity index (χ0n) is 15.8. The molecule has 2 aromatic rings. The average Bonchev–Trinajstić information content (AvgIpc) is 2.65. The predicted molar refractivity (Wildman–Crippen MR) is 106 cm³/mol. The third-order valence-electron chi connectivity index (χ3n) is 3.99. The number of nitrogens with one attached hydrogen (secondary N) is 1. The largest absolute Gasteiger partial charge is 0.493 e. The van der Waals surface area contributed by atoms with E-state index in [0.717, 1.165) is 10.6 Å². The molecule has 0 radical (unpaired) electrons. The van der Waals surface area contributed by atoms with Crippen molar-refractivity contribution in [2.24, 2.45) is 0 Å². The smallest absolute Gasteiger partial charge is 0.248 e. The molecule has 0 spiro atoms. The molecule has 146 valence electrons. The second kappa shape index (κ2) is 8.77. The summed E-state index contributed by atoms with van der Waals surface area (Å²) in [6.07, 6.45) is 1.40. The first-order valence-corrected chi connectivity index (χ1v) is 10.2. The zero-order chi connectivity index (χ0) is 20.0. The fourth-order valence-electron chi connectivity index (χ4n) is 2.77. The predicted octanol–water partition coefficient (Wildman–Crippen LogP) is 2.89. The topological polar surface area (TPSA) is 84.9 Å². The minimum atomic E-state index is -3.66. The fourth-order valence-corrected chi connectivity index (χ4v) is 3.99. The Hall–Kier alpha value is -2.74. The van der Waals surface area contributed by atoms with Gasteiger partial charge in [0.05, 0.1) is 26.2 Å². The van der Waals surface area contributed by atoms with E-state index in [1.54, 1.807) is 55.5 Å². The summed E-state index contributed by atoms with van der Waals surface area (Å²) in [5.41, 5.74) is 0.923. The molecule has 2 aromatic carbocycles. The molecule has 7 nitrogen and oxygen atoms in total. The van der Waals surface area contributed by atoms with Crippen LogP contribution in [0.15, 0.2) is 48.5 Å². The number of sulfonamides is 1. The Labute approximate surface area is 160 Å². The highest BCUT2D eigenvalue weighted by Gasteiger charge is 2.31. The number of para-hydroxylation sites is 1. The van der Waals surface area contributed by atoms with Gasteiger partial charge in [-0.2, -0.15) is 0 Å². The maximum Gasteiger partial charge on any atom is 0.248 e. The number of nitrogens with zero attached hydrogens (tertiary/aromatic N) is 1. The van der Waals surface area contributed by atoms with Gasteiger partial charge >= 0.3 is 0 Å². The lowest BCUT2D eigenvalue weighted by atomic mass is 10.1. The number of hydrogen-bond donors (Lipinski definition) is 1. The van der Waals surface area contributed by atoms with E-state index in [1.807, 2.05) is 0 Å². The molecule has 0 fully saturated rings. The van der Waals surface area contributed by atoms with E-state index in [0.29, 0.717) is 29.3 Å². The van der Waals surface area contributed by atoms with Crippen LogP contribution in [0.2, 0.25) is 0 Å². The lowest BCUT2D eigenvalue weighted by Gasteiger charge is -2.30. The Kier molecular flexibility index (Phi) is 6.68. The maximum atomic E-state index is 12.9. The summed E-state index contributed by atoms with van der Waals surface area (Å²) in [6.45, 7) is 1.76. The van der Waals surface area contributed by atoms with Crippen LogP contribution < -0.4 is 19.1 Å². The number of anilines is 2. The van der Waals surface area contributed by atoms with Crippen molar-refractivity contribution in [3.05, 3.63) is 48.5 Å². The van der Waals surface area contributed by atoms with Gasteiger partial charge in [0.15, 0.2) is 11.5 Å². The number of hydrogen-bond acceptors (Lipinski definition) is 5. The van der Waals surface area contributed by atoms with Gasteiger partial charge in [-0.25, -0.2) is 8.42 Å². The van der Waals surface area contributed by atoms with E-state index >= 15 is 0 Å². The van der Waals surface area contributed by atoms with E-state index in [1.165, 1.54) is 14.2 Å². The van der Waals surface area contributed by atoms with Crippen molar-refractivity contribution < 1.29 is 22.7 Å². The van der Waals surface area contributed by atoms with Crippen molar-refractivity contribution in [1.29, 1.82) is 0 Å². The Morgan fingerprint density at radius 2 is 1.70 bits per heavy atom. The molecule has 0 aromatic heterocycles. The lowest BCUT2D eigenvalue weighted by Crippen LogP contribution is -2.46. The first-order chi connectivity index (χ1) is 12.8. The Morgan fingerprint density at radius 1 is 1.07 bits per heavy atom. The summed E-state index contributed by atoms with van der Waals surface area (Å²) in [5.74, 6) is 0.565. The lowest BCUT2D eigenvalue weighted by molar-refractivity contribution is -0.117. The fraction of sp³-hybridized carbons (Fsp3) is 0.316. The summed E-state index contributed by atoms with van der Waals surface area (Å²) in [5, 5.41) is 2.76. The van der Waals surface area contributed by atoms with Gasteiger partial charge in [-0.3, -0.25) is 9.10 Å². The zero-order valence-corrected chi connectivity index (χ0v) is 16.6. The Bertz CT molecular complexity index is 884. The van der Waals surface area contributed by atoms with Crippen LogP contribution in [-0.2, 0) is 14.8 Å². The molecule has 1 N–H and O–H groups in total. The van der Waals surface area contributed by atoms with Gasteiger partial charge in [0.1, 0.15) is 6.04 Å². The van der Waals surface area contributed by atoms with Gasteiger partial charge < -0.3 is 14.8 Å². The van der Waals surface area contributed by atoms with Crippen LogP contribution in [0, 0.1) is 0 Å². The molecule has 1 amide bonds. The third-order valence-corrected chi connectivity index (χ3v) is 5.17. The van der Waals surface area contributed by atoms with Gasteiger partial charge in [-0.15, -0.1) is 0 Å². The number of methoxy groups -OCH3 is 2. The molecule has 27 heavy (non-hydrogen) atoms. The quantitative estimate of drug-likeness (QED) is 0.747. The summed E-state index contributed by atoms with van der Waals surface area (Å²) >= 11 is 0. The van der Waals surface area contributed by atoms with Crippen molar-refractivity contribution in [2.45, 2.75) is 19.4 Å². The van der Waals surface area contributed by atoms with Crippen LogP contribution in [0.25, 0.3) is 0 Å². The van der Waals surface area contributed by atoms with Crippen LogP contribution in [0.3, 0.4) is 0 Å². The van der Waals surface area contributed by atoms with Crippen molar-refractivity contribution in [1.82, 2.24) is 0 Å². The number of carbonyl (C=O) groups excluding carboxylic acids is 1. The van der Waals surface area contributed by atoms with Crippen LogP contribution in [-0.4, -0.2) is 40.8 Å². The van der Waals surface area contributed by atoms with E-state index in [9.17, 15) is 13.2 Å². The molecule has 8 heteroatoms. The number of rotatable bonds is 8. The summed E-state index contributed by atoms with van der Waals surface area (Å²) in [4.78, 5) is 12.9. The van der Waals surface area contributed by atoms with Crippen LogP contribution >= 0.6 is 0 Å². The summed E-state index contributed by atoms with van der Waals surface area (Å²) in [6, 6.07) is 12.6. The average molecular weight is 392 g/mol. The molecule has 1 atom stereocenters. The summed E-state index contributed by atoms with van der Waals surface area (Å²) in [7, 11) is -0.642. The molecule has 0 heterocycles. The van der Waals surface area contributed by atoms with Gasteiger partial charge in [0.25, 0.3) is 0 Å². The molecule has 0 aliphatic rings. The number of benzene rings is 2. The molecule has 0 aliphatic heterocycles. The number of amides is 1. The molecule has 0 bridgehead atoms. The maximum absolute atomic E-state index is 12.9. The van der Waals surface area contributed by atoms with Crippen molar-refractivity contribution in [3.8, 4) is 11.5 Å². The first kappa shape index (κ1) is 20.6. The normalized spacial score (nSPS) is 12.1. The van der Waals surface area contributed by atoms with Crippen LogP contribution in [0.1, 0.15) is 13.3 Å². The molecule has 0 aliphatic carbocycles. The standard InChI is InChI=1S/C19H24N2O5S/c1-5-16(21(27(4,23)24)15-9-7-6-8-10-15)19(22)20-14-11-12-17(25-2)18(13-14)26-3/h6-13,16H,5H2,1-4H3,(H,20,22)/t16-/m0/s1. The second-order valence-corrected chi connectivity index (χ2v) is 7.74. The highest BCUT2D eigenvalue weighted by Crippen LogP contribution is 2.30. The van der Waals surface area contributed by atoms with Crippen LogP contribution in [0.4, 0.5) is 11.4 Å². The Morgan fingerprint density at radius 3 is 2.22 bits per heavy atom. The second-order valence-electron chi connectivity index (χ2n) is 5.88. The monoisotopic (exact) mass is 392 g/mol. The van der Waals surface area contributed by atoms with E-state index < -0.39 is 22.0 Å². The molecule has 0 saturated heterocycles. The van der Waals surface area contributed by atoms with E-state index in [2.05, 4.69) is 5.32 Å². The highest BCUT2D eigenvalue weighted by atomic mass is 32.2. The molecular weight excluding hydrogens is 368 g/mol.